The summed E-state index contributed by atoms with van der Waals surface area (Å²) in [5.41, 5.74) is 4.70. The molecule has 0 aliphatic carbocycles. The first-order valence-corrected chi connectivity index (χ1v) is 8.64. The standard InChI is InChI=1S/C20H14N6O2/c27-18-9-12(6-7-21-18)8-15-2-1-3-17-24-20(25-26(15)17)23-14-4-5-16-13(10-14)11-22-19(16)28/h1-7,9-11H,8H2,(H,21,27)(H,23,25). The number of aromatic hydroxyl groups is 1. The van der Waals surface area contributed by atoms with Crippen LogP contribution in [0, 0.1) is 0 Å². The monoisotopic (exact) mass is 370 g/mol. The fourth-order valence-corrected chi connectivity index (χ4v) is 3.19. The summed E-state index contributed by atoms with van der Waals surface area (Å²) >= 11 is 0. The van der Waals surface area contributed by atoms with Gasteiger partial charge in [0.15, 0.2) is 5.65 Å². The van der Waals surface area contributed by atoms with Gasteiger partial charge in [-0.1, -0.05) is 6.07 Å². The number of benzene rings is 1. The van der Waals surface area contributed by atoms with Gasteiger partial charge in [0, 0.05) is 41.8 Å². The molecule has 4 heterocycles. The molecular formula is C20H14N6O2. The Kier molecular flexibility index (Phi) is 3.61. The molecule has 4 aromatic rings. The van der Waals surface area contributed by atoms with E-state index in [1.165, 1.54) is 0 Å². The second-order valence-corrected chi connectivity index (χ2v) is 6.41. The van der Waals surface area contributed by atoms with Gasteiger partial charge in [-0.15, -0.1) is 5.10 Å². The highest BCUT2D eigenvalue weighted by molar-refractivity contribution is 6.13. The van der Waals surface area contributed by atoms with E-state index in [1.807, 2.05) is 30.3 Å². The molecule has 1 aromatic carbocycles. The Morgan fingerprint density at radius 2 is 2.04 bits per heavy atom. The minimum atomic E-state index is -0.223. The summed E-state index contributed by atoms with van der Waals surface area (Å²) in [6, 6.07) is 14.6. The second-order valence-electron chi connectivity index (χ2n) is 6.41. The number of nitrogens with zero attached hydrogens (tertiary/aromatic N) is 5. The average molecular weight is 370 g/mol. The number of aliphatic imine (C=N–C) groups is 1. The molecule has 136 valence electrons. The highest BCUT2D eigenvalue weighted by Gasteiger charge is 2.16. The number of amides is 1. The van der Waals surface area contributed by atoms with Crippen LogP contribution in [0.3, 0.4) is 0 Å². The van der Waals surface area contributed by atoms with Crippen molar-refractivity contribution in [2.24, 2.45) is 4.99 Å². The lowest BCUT2D eigenvalue weighted by atomic mass is 10.1. The predicted octanol–water partition coefficient (Wildman–Crippen LogP) is 2.74. The molecule has 0 saturated heterocycles. The molecule has 8 nitrogen and oxygen atoms in total. The van der Waals surface area contributed by atoms with E-state index in [0.717, 1.165) is 22.5 Å². The van der Waals surface area contributed by atoms with E-state index in [4.69, 9.17) is 0 Å². The van der Waals surface area contributed by atoms with Gasteiger partial charge >= 0.3 is 0 Å². The SMILES string of the molecule is O=C1N=Cc2cc(Nc3nc4cccc(Cc5ccnc(O)c5)n4n3)ccc21. The Morgan fingerprint density at radius 3 is 2.93 bits per heavy atom. The molecule has 28 heavy (non-hydrogen) atoms. The molecule has 0 unspecified atom stereocenters. The Balaban J connectivity index is 1.45. The zero-order valence-corrected chi connectivity index (χ0v) is 14.6. The maximum atomic E-state index is 11.6. The van der Waals surface area contributed by atoms with E-state index in [0.29, 0.717) is 23.6 Å². The Bertz CT molecular complexity index is 1260. The smallest absolute Gasteiger partial charge is 0.277 e. The van der Waals surface area contributed by atoms with Gasteiger partial charge in [-0.2, -0.15) is 4.98 Å². The first kappa shape index (κ1) is 16.1. The first-order chi connectivity index (χ1) is 13.7. The number of carbonyl (C=O) groups excluding carboxylic acids is 1. The van der Waals surface area contributed by atoms with Crippen molar-refractivity contribution in [1.82, 2.24) is 19.6 Å². The summed E-state index contributed by atoms with van der Waals surface area (Å²) in [4.78, 5) is 23.7. The quantitative estimate of drug-likeness (QED) is 0.572. The van der Waals surface area contributed by atoms with E-state index in [9.17, 15) is 9.90 Å². The maximum absolute atomic E-state index is 11.6. The van der Waals surface area contributed by atoms with Crippen molar-refractivity contribution in [3.8, 4) is 5.88 Å². The number of nitrogens with one attached hydrogen (secondary N) is 1. The van der Waals surface area contributed by atoms with E-state index in [-0.39, 0.29) is 11.8 Å². The van der Waals surface area contributed by atoms with Crippen LogP contribution in [-0.2, 0) is 6.42 Å². The van der Waals surface area contributed by atoms with Crippen LogP contribution in [0.15, 0.2) is 59.7 Å². The third kappa shape index (κ3) is 2.86. The minimum Gasteiger partial charge on any atom is -0.493 e. The summed E-state index contributed by atoms with van der Waals surface area (Å²) in [7, 11) is 0. The van der Waals surface area contributed by atoms with Crippen LogP contribution in [0.4, 0.5) is 11.6 Å². The van der Waals surface area contributed by atoms with Crippen LogP contribution in [0.1, 0.15) is 27.2 Å². The largest absolute Gasteiger partial charge is 0.493 e. The molecule has 0 saturated carbocycles. The van der Waals surface area contributed by atoms with E-state index in [1.54, 1.807) is 35.1 Å². The van der Waals surface area contributed by atoms with Crippen LogP contribution in [0.25, 0.3) is 5.65 Å². The zero-order chi connectivity index (χ0) is 19.1. The number of fused-ring (bicyclic) bond motifs is 2. The number of rotatable bonds is 4. The Hall–Kier alpha value is -4.07. The summed E-state index contributed by atoms with van der Waals surface area (Å²) in [5, 5.41) is 17.3. The number of hydrogen-bond acceptors (Lipinski definition) is 6. The molecule has 1 aliphatic heterocycles. The van der Waals surface area contributed by atoms with E-state index < -0.39 is 0 Å². The molecule has 5 rings (SSSR count). The normalized spacial score (nSPS) is 12.5. The van der Waals surface area contributed by atoms with E-state index >= 15 is 0 Å². The molecule has 0 spiro atoms. The van der Waals surface area contributed by atoms with Gasteiger partial charge in [0.2, 0.25) is 11.8 Å². The maximum Gasteiger partial charge on any atom is 0.277 e. The van der Waals surface area contributed by atoms with Gasteiger partial charge in [0.1, 0.15) is 0 Å². The molecule has 0 bridgehead atoms. The second kappa shape index (κ2) is 6.27. The fourth-order valence-electron chi connectivity index (χ4n) is 3.19. The first-order valence-electron chi connectivity index (χ1n) is 8.64. The van der Waals surface area contributed by atoms with Crippen molar-refractivity contribution in [3.63, 3.8) is 0 Å². The van der Waals surface area contributed by atoms with Gasteiger partial charge in [0.05, 0.1) is 5.56 Å². The molecule has 3 aromatic heterocycles. The molecule has 0 fully saturated rings. The molecule has 0 radical (unpaired) electrons. The van der Waals surface area contributed by atoms with Gasteiger partial charge in [-0.25, -0.2) is 14.5 Å². The van der Waals surface area contributed by atoms with Crippen molar-refractivity contribution < 1.29 is 9.90 Å². The van der Waals surface area contributed by atoms with Gasteiger partial charge in [-0.3, -0.25) is 4.79 Å². The van der Waals surface area contributed by atoms with Crippen LogP contribution in [0.2, 0.25) is 0 Å². The minimum absolute atomic E-state index is 0.00995. The van der Waals surface area contributed by atoms with Crippen LogP contribution >= 0.6 is 0 Å². The molecule has 0 atom stereocenters. The predicted molar refractivity (Wildman–Crippen MR) is 103 cm³/mol. The highest BCUT2D eigenvalue weighted by atomic mass is 16.3. The van der Waals surface area contributed by atoms with Crippen LogP contribution in [-0.4, -0.2) is 36.8 Å². The number of anilines is 2. The Morgan fingerprint density at radius 1 is 1.11 bits per heavy atom. The van der Waals surface area contributed by atoms with E-state index in [2.05, 4.69) is 25.4 Å². The van der Waals surface area contributed by atoms with Gasteiger partial charge < -0.3 is 10.4 Å². The summed E-state index contributed by atoms with van der Waals surface area (Å²) < 4.78 is 1.76. The van der Waals surface area contributed by atoms with Gasteiger partial charge in [0.25, 0.3) is 5.91 Å². The molecular weight excluding hydrogens is 356 g/mol. The molecule has 1 amide bonds. The lowest BCUT2D eigenvalue weighted by Crippen LogP contribution is -2.00. The molecule has 1 aliphatic rings. The third-order valence-electron chi connectivity index (χ3n) is 4.49. The fraction of sp³-hybridized carbons (Fsp3) is 0.0500. The average Bonchev–Trinajstić information content (AvgIpc) is 3.26. The van der Waals surface area contributed by atoms with Gasteiger partial charge in [-0.05, 0) is 42.0 Å². The summed E-state index contributed by atoms with van der Waals surface area (Å²) in [5.74, 6) is 0.217. The lowest BCUT2D eigenvalue weighted by molar-refractivity contribution is 0.101. The highest BCUT2D eigenvalue weighted by Crippen LogP contribution is 2.22. The van der Waals surface area contributed by atoms with Crippen molar-refractivity contribution >= 4 is 29.4 Å². The Labute approximate surface area is 159 Å². The third-order valence-corrected chi connectivity index (χ3v) is 4.49. The van der Waals surface area contributed by atoms with Crippen LogP contribution < -0.4 is 5.32 Å². The molecule has 2 N–H and O–H groups in total. The number of carbonyl (C=O) groups is 1. The van der Waals surface area contributed by atoms with Crippen molar-refractivity contribution in [3.05, 3.63) is 77.1 Å². The number of hydrogen-bond donors (Lipinski definition) is 2. The number of pyridine rings is 2. The molecule has 8 heteroatoms. The zero-order valence-electron chi connectivity index (χ0n) is 14.6. The lowest BCUT2D eigenvalue weighted by Gasteiger charge is -2.05. The van der Waals surface area contributed by atoms with Crippen molar-refractivity contribution in [2.75, 3.05) is 5.32 Å². The topological polar surface area (TPSA) is 105 Å². The van der Waals surface area contributed by atoms with Crippen molar-refractivity contribution in [2.45, 2.75) is 6.42 Å². The summed E-state index contributed by atoms with van der Waals surface area (Å²) in [6.07, 6.45) is 3.71. The summed E-state index contributed by atoms with van der Waals surface area (Å²) in [6.45, 7) is 0. The van der Waals surface area contributed by atoms with Crippen LogP contribution in [0.5, 0.6) is 5.88 Å². The van der Waals surface area contributed by atoms with Crippen molar-refractivity contribution in [1.29, 1.82) is 0 Å². The number of aromatic nitrogens is 4.